The first-order valence-electron chi connectivity index (χ1n) is 5.22. The molecule has 1 saturated heterocycles. The molecule has 0 amide bonds. The van der Waals surface area contributed by atoms with E-state index >= 15 is 0 Å². The van der Waals surface area contributed by atoms with Crippen molar-refractivity contribution in [3.63, 3.8) is 0 Å². The summed E-state index contributed by atoms with van der Waals surface area (Å²) < 4.78 is 4.85. The molecule has 4 heteroatoms. The minimum absolute atomic E-state index is 0.166. The van der Waals surface area contributed by atoms with Crippen molar-refractivity contribution >= 4 is 0 Å². The van der Waals surface area contributed by atoms with E-state index < -0.39 is 0 Å². The smallest absolute Gasteiger partial charge is 0.213 e. The third-order valence-corrected chi connectivity index (χ3v) is 3.46. The largest absolute Gasteiger partial charge is 0.343 e. The molecule has 2 heterocycles. The van der Waals surface area contributed by atoms with Crippen molar-refractivity contribution in [3.05, 3.63) is 12.2 Å². The highest BCUT2D eigenvalue weighted by Gasteiger charge is 2.37. The summed E-state index contributed by atoms with van der Waals surface area (Å²) in [6, 6.07) is 0. The number of hydrogen-bond donors (Lipinski definition) is 0. The number of rotatable bonds is 2. The molecule has 1 aliphatic heterocycles. The van der Waals surface area contributed by atoms with Gasteiger partial charge in [0, 0.05) is 5.41 Å². The minimum Gasteiger partial charge on any atom is -0.343 e. The van der Waals surface area contributed by atoms with Crippen LogP contribution in [-0.2, 0) is 5.41 Å². The van der Waals surface area contributed by atoms with Gasteiger partial charge in [-0.1, -0.05) is 12.1 Å². The zero-order chi connectivity index (χ0) is 10.0. The topological polar surface area (TPSA) is 42.2 Å². The maximum absolute atomic E-state index is 4.85. The number of aromatic nitrogens is 2. The molecular formula is C10H17N3O. The van der Waals surface area contributed by atoms with Gasteiger partial charge in [0.1, 0.15) is 0 Å². The molecule has 2 rings (SSSR count). The van der Waals surface area contributed by atoms with Crippen LogP contribution < -0.4 is 0 Å². The van der Waals surface area contributed by atoms with Crippen LogP contribution in [-0.4, -0.2) is 35.2 Å². The molecule has 0 unspecified atom stereocenters. The molecule has 78 valence electrons. The summed E-state index contributed by atoms with van der Waals surface area (Å²) in [4.78, 5) is 6.57. The van der Waals surface area contributed by atoms with E-state index in [9.17, 15) is 0 Å². The Balaban J connectivity index is 2.19. The van der Waals surface area contributed by atoms with E-state index in [4.69, 9.17) is 4.52 Å². The maximum atomic E-state index is 4.85. The molecular weight excluding hydrogens is 178 g/mol. The SMILES string of the molecule is CCC1(c2ncon2)CCN(C)CC1. The molecule has 0 radical (unpaired) electrons. The summed E-state index contributed by atoms with van der Waals surface area (Å²) >= 11 is 0. The number of nitrogens with zero attached hydrogens (tertiary/aromatic N) is 3. The van der Waals surface area contributed by atoms with Crippen LogP contribution in [0.1, 0.15) is 32.0 Å². The van der Waals surface area contributed by atoms with Crippen LogP contribution in [0.15, 0.2) is 10.9 Å². The highest BCUT2D eigenvalue weighted by Crippen LogP contribution is 2.35. The van der Waals surface area contributed by atoms with Crippen LogP contribution in [0.3, 0.4) is 0 Å². The lowest BCUT2D eigenvalue weighted by molar-refractivity contribution is 0.172. The predicted octanol–water partition coefficient (Wildman–Crippen LogP) is 1.44. The van der Waals surface area contributed by atoms with E-state index in [1.54, 1.807) is 0 Å². The Kier molecular flexibility index (Phi) is 2.54. The average Bonchev–Trinajstić information content (AvgIpc) is 2.73. The van der Waals surface area contributed by atoms with Gasteiger partial charge >= 0.3 is 0 Å². The second-order valence-corrected chi connectivity index (χ2v) is 4.19. The molecule has 14 heavy (non-hydrogen) atoms. The van der Waals surface area contributed by atoms with Crippen molar-refractivity contribution < 1.29 is 4.52 Å². The Bertz CT molecular complexity index is 276. The van der Waals surface area contributed by atoms with Crippen molar-refractivity contribution in [1.82, 2.24) is 15.0 Å². The molecule has 1 fully saturated rings. The highest BCUT2D eigenvalue weighted by atomic mass is 16.5. The molecule has 4 nitrogen and oxygen atoms in total. The first-order chi connectivity index (χ1) is 6.77. The lowest BCUT2D eigenvalue weighted by Gasteiger charge is -2.37. The van der Waals surface area contributed by atoms with E-state index in [2.05, 4.69) is 29.0 Å². The summed E-state index contributed by atoms with van der Waals surface area (Å²) in [6.07, 6.45) is 4.81. The Hall–Kier alpha value is -0.900. The number of hydrogen-bond acceptors (Lipinski definition) is 4. The van der Waals surface area contributed by atoms with Crippen LogP contribution in [0.5, 0.6) is 0 Å². The van der Waals surface area contributed by atoms with Crippen molar-refractivity contribution in [3.8, 4) is 0 Å². The normalized spacial score (nSPS) is 22.4. The van der Waals surface area contributed by atoms with Gasteiger partial charge in [0.2, 0.25) is 6.39 Å². The summed E-state index contributed by atoms with van der Waals surface area (Å²) in [5.74, 6) is 0.896. The lowest BCUT2D eigenvalue weighted by atomic mass is 9.75. The fourth-order valence-corrected chi connectivity index (χ4v) is 2.19. The molecule has 0 N–H and O–H groups in total. The molecule has 0 aliphatic carbocycles. The molecule has 0 saturated carbocycles. The lowest BCUT2D eigenvalue weighted by Crippen LogP contribution is -2.41. The molecule has 0 atom stereocenters. The zero-order valence-electron chi connectivity index (χ0n) is 8.86. The second-order valence-electron chi connectivity index (χ2n) is 4.19. The van der Waals surface area contributed by atoms with Gasteiger partial charge in [0.15, 0.2) is 5.82 Å². The Labute approximate surface area is 84.3 Å². The third kappa shape index (κ3) is 1.54. The van der Waals surface area contributed by atoms with Gasteiger partial charge in [-0.25, -0.2) is 0 Å². The van der Waals surface area contributed by atoms with Crippen LogP contribution in [0.2, 0.25) is 0 Å². The van der Waals surface area contributed by atoms with Gasteiger partial charge in [-0.15, -0.1) is 0 Å². The van der Waals surface area contributed by atoms with Gasteiger partial charge in [0.05, 0.1) is 0 Å². The van der Waals surface area contributed by atoms with Gasteiger partial charge in [-0.2, -0.15) is 4.98 Å². The van der Waals surface area contributed by atoms with Crippen LogP contribution in [0.25, 0.3) is 0 Å². The van der Waals surface area contributed by atoms with Crippen LogP contribution >= 0.6 is 0 Å². The number of likely N-dealkylation sites (tertiary alicyclic amines) is 1. The summed E-state index contributed by atoms with van der Waals surface area (Å²) in [6.45, 7) is 4.46. The Morgan fingerprint density at radius 2 is 2.21 bits per heavy atom. The molecule has 1 aromatic rings. The second kappa shape index (κ2) is 3.69. The monoisotopic (exact) mass is 195 g/mol. The van der Waals surface area contributed by atoms with E-state index in [0.717, 1.165) is 38.2 Å². The number of piperidine rings is 1. The molecule has 1 aromatic heterocycles. The summed E-state index contributed by atoms with van der Waals surface area (Å²) in [5, 5.41) is 4.00. The summed E-state index contributed by atoms with van der Waals surface area (Å²) in [7, 11) is 2.16. The van der Waals surface area contributed by atoms with Crippen LogP contribution in [0, 0.1) is 0 Å². The minimum atomic E-state index is 0.166. The van der Waals surface area contributed by atoms with Crippen LogP contribution in [0.4, 0.5) is 0 Å². The fraction of sp³-hybridized carbons (Fsp3) is 0.800. The van der Waals surface area contributed by atoms with Gasteiger partial charge in [0.25, 0.3) is 0 Å². The Morgan fingerprint density at radius 3 is 2.71 bits per heavy atom. The Morgan fingerprint density at radius 1 is 1.50 bits per heavy atom. The maximum Gasteiger partial charge on any atom is 0.213 e. The average molecular weight is 195 g/mol. The molecule has 0 bridgehead atoms. The van der Waals surface area contributed by atoms with E-state index in [-0.39, 0.29) is 5.41 Å². The van der Waals surface area contributed by atoms with Gasteiger partial charge in [-0.05, 0) is 39.4 Å². The predicted molar refractivity (Wildman–Crippen MR) is 53.0 cm³/mol. The first-order valence-corrected chi connectivity index (χ1v) is 5.22. The highest BCUT2D eigenvalue weighted by molar-refractivity contribution is 5.07. The fourth-order valence-electron chi connectivity index (χ4n) is 2.19. The van der Waals surface area contributed by atoms with Gasteiger partial charge in [-0.3, -0.25) is 0 Å². The van der Waals surface area contributed by atoms with Crippen molar-refractivity contribution in [2.45, 2.75) is 31.6 Å². The molecule has 0 spiro atoms. The molecule has 1 aliphatic rings. The standard InChI is InChI=1S/C10H17N3O/c1-3-10(9-11-8-14-12-9)4-6-13(2)7-5-10/h8H,3-7H2,1-2H3. The first kappa shape index (κ1) is 9.65. The van der Waals surface area contributed by atoms with Gasteiger partial charge < -0.3 is 9.42 Å². The van der Waals surface area contributed by atoms with E-state index in [1.807, 2.05) is 0 Å². The van der Waals surface area contributed by atoms with E-state index in [0.29, 0.717) is 0 Å². The summed E-state index contributed by atoms with van der Waals surface area (Å²) in [5.41, 5.74) is 0.166. The van der Waals surface area contributed by atoms with E-state index in [1.165, 1.54) is 6.39 Å². The zero-order valence-corrected chi connectivity index (χ0v) is 8.86. The van der Waals surface area contributed by atoms with Crippen molar-refractivity contribution in [1.29, 1.82) is 0 Å². The van der Waals surface area contributed by atoms with Crippen molar-refractivity contribution in [2.75, 3.05) is 20.1 Å². The quantitative estimate of drug-likeness (QED) is 0.716. The van der Waals surface area contributed by atoms with Crippen molar-refractivity contribution in [2.24, 2.45) is 0 Å². The molecule has 0 aromatic carbocycles. The third-order valence-electron chi connectivity index (χ3n) is 3.46.